The van der Waals surface area contributed by atoms with Crippen molar-refractivity contribution in [2.75, 3.05) is 26.1 Å². The Morgan fingerprint density at radius 1 is 0.968 bits per heavy atom. The molecular formula is C24H25NO5S. The average Bonchev–Trinajstić information content (AvgIpc) is 3.18. The number of thiophene rings is 1. The molecule has 1 heterocycles. The zero-order valence-corrected chi connectivity index (χ0v) is 19.0. The van der Waals surface area contributed by atoms with E-state index in [2.05, 4.69) is 5.32 Å². The number of methoxy groups -OCH3 is 2. The summed E-state index contributed by atoms with van der Waals surface area (Å²) in [6.45, 7) is 6.05. The summed E-state index contributed by atoms with van der Waals surface area (Å²) in [7, 11) is 3.04. The minimum absolute atomic E-state index is 0.238. The van der Waals surface area contributed by atoms with Gasteiger partial charge in [-0.3, -0.25) is 4.79 Å². The first kappa shape index (κ1) is 22.4. The van der Waals surface area contributed by atoms with E-state index < -0.39 is 5.97 Å². The summed E-state index contributed by atoms with van der Waals surface area (Å²) >= 11 is 1.28. The van der Waals surface area contributed by atoms with Crippen molar-refractivity contribution in [2.45, 2.75) is 20.8 Å². The van der Waals surface area contributed by atoms with Gasteiger partial charge in [-0.25, -0.2) is 4.79 Å². The molecule has 0 aliphatic heterocycles. The fourth-order valence-corrected chi connectivity index (χ4v) is 4.04. The Balaban J connectivity index is 2.01. The molecule has 0 saturated heterocycles. The van der Waals surface area contributed by atoms with Gasteiger partial charge >= 0.3 is 5.97 Å². The molecule has 31 heavy (non-hydrogen) atoms. The second-order valence-corrected chi connectivity index (χ2v) is 7.81. The number of ether oxygens (including phenoxy) is 3. The maximum Gasteiger partial charge on any atom is 0.341 e. The highest BCUT2D eigenvalue weighted by atomic mass is 32.1. The summed E-state index contributed by atoms with van der Waals surface area (Å²) in [6, 6.07) is 10.9. The van der Waals surface area contributed by atoms with E-state index in [1.54, 1.807) is 25.1 Å². The van der Waals surface area contributed by atoms with Crippen molar-refractivity contribution in [2.24, 2.45) is 0 Å². The molecule has 0 radical (unpaired) electrons. The number of hydrogen-bond donors (Lipinski definition) is 1. The van der Waals surface area contributed by atoms with Crippen molar-refractivity contribution in [3.63, 3.8) is 0 Å². The molecule has 7 heteroatoms. The number of carbonyl (C=O) groups is 2. The van der Waals surface area contributed by atoms with E-state index in [1.165, 1.54) is 25.6 Å². The lowest BCUT2D eigenvalue weighted by atomic mass is 9.99. The van der Waals surface area contributed by atoms with Crippen LogP contribution >= 0.6 is 11.3 Å². The predicted octanol–water partition coefficient (Wildman–Crippen LogP) is 5.48. The van der Waals surface area contributed by atoms with Gasteiger partial charge < -0.3 is 19.5 Å². The zero-order chi connectivity index (χ0) is 22.5. The predicted molar refractivity (Wildman–Crippen MR) is 123 cm³/mol. The largest absolute Gasteiger partial charge is 0.497 e. The molecule has 3 aromatic rings. The van der Waals surface area contributed by atoms with Gasteiger partial charge in [-0.2, -0.15) is 0 Å². The van der Waals surface area contributed by atoms with E-state index in [4.69, 9.17) is 14.2 Å². The maximum atomic E-state index is 13.0. The Bertz CT molecular complexity index is 1100. The number of hydrogen-bond acceptors (Lipinski definition) is 6. The van der Waals surface area contributed by atoms with Gasteiger partial charge in [0.2, 0.25) is 0 Å². The molecular weight excluding hydrogens is 414 g/mol. The van der Waals surface area contributed by atoms with Gasteiger partial charge in [-0.05, 0) is 49.6 Å². The van der Waals surface area contributed by atoms with Crippen molar-refractivity contribution in [1.82, 2.24) is 0 Å². The first-order chi connectivity index (χ1) is 14.9. The number of rotatable bonds is 7. The molecule has 6 nitrogen and oxygen atoms in total. The van der Waals surface area contributed by atoms with Crippen molar-refractivity contribution < 1.29 is 23.8 Å². The van der Waals surface area contributed by atoms with Gasteiger partial charge in [-0.1, -0.05) is 18.2 Å². The van der Waals surface area contributed by atoms with Gasteiger partial charge in [0, 0.05) is 22.6 Å². The Kier molecular flexibility index (Phi) is 6.97. The van der Waals surface area contributed by atoms with Crippen LogP contribution in [0.3, 0.4) is 0 Å². The fraction of sp³-hybridized carbons (Fsp3) is 0.250. The molecule has 162 valence electrons. The molecule has 1 amide bonds. The standard InChI is InChI=1S/C24H25NO5S/c1-6-30-24(27)21-20(16-8-7-14(2)15(3)9-16)13-31-23(21)25-22(26)17-10-18(28-4)12-19(11-17)29-5/h7-13H,6H2,1-5H3,(H,25,26). The van der Waals surface area contributed by atoms with Crippen LogP contribution in [0.25, 0.3) is 11.1 Å². The van der Waals surface area contributed by atoms with E-state index in [0.717, 1.165) is 22.3 Å². The van der Waals surface area contributed by atoms with Crippen LogP contribution in [0, 0.1) is 13.8 Å². The van der Waals surface area contributed by atoms with Crippen LogP contribution in [0.2, 0.25) is 0 Å². The second-order valence-electron chi connectivity index (χ2n) is 6.93. The topological polar surface area (TPSA) is 73.9 Å². The lowest BCUT2D eigenvalue weighted by Gasteiger charge is -2.11. The Morgan fingerprint density at radius 3 is 2.23 bits per heavy atom. The van der Waals surface area contributed by atoms with Crippen molar-refractivity contribution in [3.05, 3.63) is 64.0 Å². The van der Waals surface area contributed by atoms with Crippen molar-refractivity contribution in [1.29, 1.82) is 0 Å². The molecule has 0 saturated carbocycles. The lowest BCUT2D eigenvalue weighted by molar-refractivity contribution is 0.0529. The number of aryl methyl sites for hydroxylation is 2. The molecule has 2 aromatic carbocycles. The number of nitrogens with one attached hydrogen (secondary N) is 1. The second kappa shape index (κ2) is 9.66. The normalized spacial score (nSPS) is 10.5. The monoisotopic (exact) mass is 439 g/mol. The summed E-state index contributed by atoms with van der Waals surface area (Å²) in [5.41, 5.74) is 4.60. The molecule has 0 fully saturated rings. The first-order valence-corrected chi connectivity index (χ1v) is 10.7. The van der Waals surface area contributed by atoms with Crippen LogP contribution < -0.4 is 14.8 Å². The van der Waals surface area contributed by atoms with Gasteiger partial charge in [0.1, 0.15) is 22.1 Å². The average molecular weight is 440 g/mol. The molecule has 0 aliphatic carbocycles. The number of amides is 1. The fourth-order valence-electron chi connectivity index (χ4n) is 3.09. The quantitative estimate of drug-likeness (QED) is 0.494. The minimum atomic E-state index is -0.476. The molecule has 1 N–H and O–H groups in total. The van der Waals surface area contributed by atoms with Crippen molar-refractivity contribution >= 4 is 28.2 Å². The molecule has 0 unspecified atom stereocenters. The number of benzene rings is 2. The number of carbonyl (C=O) groups excluding carboxylic acids is 2. The first-order valence-electron chi connectivity index (χ1n) is 9.78. The number of anilines is 1. The summed E-state index contributed by atoms with van der Waals surface area (Å²) in [4.78, 5) is 25.7. The summed E-state index contributed by atoms with van der Waals surface area (Å²) in [6.07, 6.45) is 0. The SMILES string of the molecule is CCOC(=O)c1c(-c2ccc(C)c(C)c2)csc1NC(=O)c1cc(OC)cc(OC)c1. The molecule has 0 aliphatic rings. The van der Waals surface area contributed by atoms with Crippen LogP contribution in [0.5, 0.6) is 11.5 Å². The van der Waals surface area contributed by atoms with E-state index >= 15 is 0 Å². The third kappa shape index (κ3) is 4.88. The lowest BCUT2D eigenvalue weighted by Crippen LogP contribution is -2.15. The van der Waals surface area contributed by atoms with Crippen LogP contribution in [0.1, 0.15) is 38.8 Å². The molecule has 1 aromatic heterocycles. The number of esters is 1. The molecule has 0 atom stereocenters. The van der Waals surface area contributed by atoms with Crippen LogP contribution in [0.4, 0.5) is 5.00 Å². The smallest absolute Gasteiger partial charge is 0.341 e. The molecule has 0 bridgehead atoms. The molecule has 0 spiro atoms. The van der Waals surface area contributed by atoms with Gasteiger partial charge in [0.05, 0.1) is 20.8 Å². The summed E-state index contributed by atoms with van der Waals surface area (Å²) < 4.78 is 15.8. The Labute approximate surface area is 185 Å². The summed E-state index contributed by atoms with van der Waals surface area (Å²) in [5, 5.41) is 5.14. The highest BCUT2D eigenvalue weighted by Gasteiger charge is 2.23. The van der Waals surface area contributed by atoms with E-state index in [1.807, 2.05) is 37.4 Å². The van der Waals surface area contributed by atoms with E-state index in [9.17, 15) is 9.59 Å². The highest BCUT2D eigenvalue weighted by Crippen LogP contribution is 2.37. The van der Waals surface area contributed by atoms with Crippen molar-refractivity contribution in [3.8, 4) is 22.6 Å². The van der Waals surface area contributed by atoms with E-state index in [0.29, 0.717) is 27.6 Å². The summed E-state index contributed by atoms with van der Waals surface area (Å²) in [5.74, 6) is 0.140. The van der Waals surface area contributed by atoms with E-state index in [-0.39, 0.29) is 12.5 Å². The Hall–Kier alpha value is -3.32. The Morgan fingerprint density at radius 2 is 1.65 bits per heavy atom. The zero-order valence-electron chi connectivity index (χ0n) is 18.2. The maximum absolute atomic E-state index is 13.0. The van der Waals surface area contributed by atoms with Gasteiger partial charge in [0.15, 0.2) is 0 Å². The third-order valence-corrected chi connectivity index (χ3v) is 5.82. The van der Waals surface area contributed by atoms with Gasteiger partial charge in [0.25, 0.3) is 5.91 Å². The van der Waals surface area contributed by atoms with Crippen LogP contribution in [-0.2, 0) is 4.74 Å². The van der Waals surface area contributed by atoms with Crippen LogP contribution in [0.15, 0.2) is 41.8 Å². The minimum Gasteiger partial charge on any atom is -0.497 e. The molecule has 3 rings (SSSR count). The van der Waals surface area contributed by atoms with Gasteiger partial charge in [-0.15, -0.1) is 11.3 Å². The van der Waals surface area contributed by atoms with Crippen LogP contribution in [-0.4, -0.2) is 32.7 Å². The highest BCUT2D eigenvalue weighted by molar-refractivity contribution is 7.15. The third-order valence-electron chi connectivity index (χ3n) is 4.93.